The van der Waals surface area contributed by atoms with Gasteiger partial charge in [-0.05, 0) is 47.7 Å². The van der Waals surface area contributed by atoms with Gasteiger partial charge in [-0.1, -0.05) is 49.8 Å². The van der Waals surface area contributed by atoms with E-state index >= 15 is 0 Å². The maximum Gasteiger partial charge on any atom is 0.159 e. The maximum atomic E-state index is 13.2. The Kier molecular flexibility index (Phi) is 4.67. The summed E-state index contributed by atoms with van der Waals surface area (Å²) in [5, 5.41) is 0. The molecule has 0 amide bonds. The molecule has 0 fully saturated rings. The van der Waals surface area contributed by atoms with Crippen molar-refractivity contribution in [2.45, 2.75) is 26.7 Å². The molecular formula is C18H18F2. The summed E-state index contributed by atoms with van der Waals surface area (Å²) in [7, 11) is 0. The number of allylic oxidation sites excluding steroid dienone is 1. The average Bonchev–Trinajstić information content (AvgIpc) is 2.44. The molecule has 0 aliphatic heterocycles. The Morgan fingerprint density at radius 1 is 1.00 bits per heavy atom. The topological polar surface area (TPSA) is 0 Å². The molecule has 0 N–H and O–H groups in total. The number of hydrogen-bond acceptors (Lipinski definition) is 0. The van der Waals surface area contributed by atoms with Crippen LogP contribution in [0, 0.1) is 11.6 Å². The molecule has 2 aromatic rings. The third-order valence-corrected chi connectivity index (χ3v) is 3.28. The van der Waals surface area contributed by atoms with Crippen LogP contribution in [0.25, 0.3) is 11.6 Å². The Morgan fingerprint density at radius 2 is 1.70 bits per heavy atom. The second kappa shape index (κ2) is 6.47. The molecule has 0 heterocycles. The average molecular weight is 272 g/mol. The van der Waals surface area contributed by atoms with Gasteiger partial charge in [0.15, 0.2) is 11.6 Å². The van der Waals surface area contributed by atoms with Crippen molar-refractivity contribution in [3.8, 4) is 0 Å². The monoisotopic (exact) mass is 272 g/mol. The highest BCUT2D eigenvalue weighted by atomic mass is 19.2. The third kappa shape index (κ3) is 3.53. The molecule has 2 heteroatoms. The minimum Gasteiger partial charge on any atom is -0.204 e. The van der Waals surface area contributed by atoms with E-state index in [1.807, 2.05) is 25.1 Å². The lowest BCUT2D eigenvalue weighted by Crippen LogP contribution is -1.87. The SMILES string of the molecule is CCCc1ccc(/C=C(\C)c2ccc(F)c(F)c2)cc1. The van der Waals surface area contributed by atoms with E-state index in [1.54, 1.807) is 6.07 Å². The Labute approximate surface area is 118 Å². The van der Waals surface area contributed by atoms with E-state index < -0.39 is 11.6 Å². The van der Waals surface area contributed by atoms with Crippen molar-refractivity contribution < 1.29 is 8.78 Å². The van der Waals surface area contributed by atoms with E-state index in [2.05, 4.69) is 19.1 Å². The first kappa shape index (κ1) is 14.4. The van der Waals surface area contributed by atoms with Crippen LogP contribution >= 0.6 is 0 Å². The first-order valence-corrected chi connectivity index (χ1v) is 6.83. The zero-order valence-electron chi connectivity index (χ0n) is 11.8. The fourth-order valence-corrected chi connectivity index (χ4v) is 2.14. The normalized spacial score (nSPS) is 11.7. The van der Waals surface area contributed by atoms with E-state index in [1.165, 1.54) is 11.6 Å². The van der Waals surface area contributed by atoms with Crippen LogP contribution in [-0.2, 0) is 6.42 Å². The second-order valence-electron chi connectivity index (χ2n) is 4.95. The standard InChI is InChI=1S/C18H18F2/c1-3-4-14-5-7-15(8-6-14)11-13(2)16-9-10-17(19)18(20)12-16/h5-12H,3-4H2,1-2H3/b13-11+. The zero-order chi connectivity index (χ0) is 14.5. The second-order valence-corrected chi connectivity index (χ2v) is 4.95. The van der Waals surface area contributed by atoms with Gasteiger partial charge in [0, 0.05) is 0 Å². The Morgan fingerprint density at radius 3 is 2.30 bits per heavy atom. The van der Waals surface area contributed by atoms with Crippen LogP contribution < -0.4 is 0 Å². The molecule has 0 nitrogen and oxygen atoms in total. The van der Waals surface area contributed by atoms with E-state index in [9.17, 15) is 8.78 Å². The molecule has 0 unspecified atom stereocenters. The van der Waals surface area contributed by atoms with E-state index in [4.69, 9.17) is 0 Å². The molecule has 0 aliphatic carbocycles. The maximum absolute atomic E-state index is 13.2. The Balaban J connectivity index is 2.22. The van der Waals surface area contributed by atoms with Gasteiger partial charge < -0.3 is 0 Å². The first-order chi connectivity index (χ1) is 9.60. The van der Waals surface area contributed by atoms with Crippen molar-refractivity contribution in [3.63, 3.8) is 0 Å². The Hall–Kier alpha value is -1.96. The largest absolute Gasteiger partial charge is 0.204 e. The molecule has 0 aliphatic rings. The number of hydrogen-bond donors (Lipinski definition) is 0. The van der Waals surface area contributed by atoms with Crippen molar-refractivity contribution in [1.29, 1.82) is 0 Å². The highest BCUT2D eigenvalue weighted by molar-refractivity contribution is 5.80. The lowest BCUT2D eigenvalue weighted by Gasteiger charge is -2.04. The van der Waals surface area contributed by atoms with Gasteiger partial charge in [0.1, 0.15) is 0 Å². The quantitative estimate of drug-likeness (QED) is 0.647. The number of halogens is 2. The molecule has 0 bridgehead atoms. The van der Waals surface area contributed by atoms with Crippen LogP contribution in [0.3, 0.4) is 0 Å². The molecule has 0 saturated heterocycles. The lowest BCUT2D eigenvalue weighted by molar-refractivity contribution is 0.508. The smallest absolute Gasteiger partial charge is 0.159 e. The molecular weight excluding hydrogens is 254 g/mol. The van der Waals surface area contributed by atoms with Crippen LogP contribution in [0.2, 0.25) is 0 Å². The molecule has 0 spiro atoms. The summed E-state index contributed by atoms with van der Waals surface area (Å²) in [5.74, 6) is -1.63. The van der Waals surface area contributed by atoms with E-state index in [0.717, 1.165) is 30.0 Å². The predicted molar refractivity (Wildman–Crippen MR) is 80.3 cm³/mol. The summed E-state index contributed by atoms with van der Waals surface area (Å²) >= 11 is 0. The summed E-state index contributed by atoms with van der Waals surface area (Å²) in [6.45, 7) is 4.05. The lowest BCUT2D eigenvalue weighted by atomic mass is 10.0. The highest BCUT2D eigenvalue weighted by Crippen LogP contribution is 2.20. The van der Waals surface area contributed by atoms with Crippen molar-refractivity contribution in [3.05, 3.63) is 70.8 Å². The van der Waals surface area contributed by atoms with Gasteiger partial charge in [-0.3, -0.25) is 0 Å². The zero-order valence-corrected chi connectivity index (χ0v) is 11.8. The Bertz CT molecular complexity index is 610. The van der Waals surface area contributed by atoms with Crippen LogP contribution in [-0.4, -0.2) is 0 Å². The minimum atomic E-state index is -0.814. The summed E-state index contributed by atoms with van der Waals surface area (Å²) in [6, 6.07) is 12.3. The summed E-state index contributed by atoms with van der Waals surface area (Å²) in [5.41, 5.74) is 3.98. The molecule has 0 aromatic heterocycles. The first-order valence-electron chi connectivity index (χ1n) is 6.83. The van der Waals surface area contributed by atoms with E-state index in [0.29, 0.717) is 5.56 Å². The van der Waals surface area contributed by atoms with Crippen LogP contribution in [0.4, 0.5) is 8.78 Å². The van der Waals surface area contributed by atoms with Gasteiger partial charge in [-0.25, -0.2) is 8.78 Å². The molecule has 2 aromatic carbocycles. The fraction of sp³-hybridized carbons (Fsp3) is 0.222. The number of aryl methyl sites for hydroxylation is 1. The molecule has 0 radical (unpaired) electrons. The summed E-state index contributed by atoms with van der Waals surface area (Å²) in [4.78, 5) is 0. The summed E-state index contributed by atoms with van der Waals surface area (Å²) < 4.78 is 26.1. The van der Waals surface area contributed by atoms with Gasteiger partial charge in [0.25, 0.3) is 0 Å². The fourth-order valence-electron chi connectivity index (χ4n) is 2.14. The summed E-state index contributed by atoms with van der Waals surface area (Å²) in [6.07, 6.45) is 4.18. The van der Waals surface area contributed by atoms with Crippen LogP contribution in [0.1, 0.15) is 37.0 Å². The van der Waals surface area contributed by atoms with Crippen LogP contribution in [0.15, 0.2) is 42.5 Å². The highest BCUT2D eigenvalue weighted by Gasteiger charge is 2.03. The van der Waals surface area contributed by atoms with Gasteiger partial charge in [0.05, 0.1) is 0 Å². The molecule has 0 saturated carbocycles. The van der Waals surface area contributed by atoms with Crippen LogP contribution in [0.5, 0.6) is 0 Å². The minimum absolute atomic E-state index is 0.696. The molecule has 2 rings (SSSR count). The van der Waals surface area contributed by atoms with Crippen molar-refractivity contribution in [1.82, 2.24) is 0 Å². The molecule has 20 heavy (non-hydrogen) atoms. The van der Waals surface area contributed by atoms with Crippen molar-refractivity contribution >= 4 is 11.6 Å². The predicted octanol–water partition coefficient (Wildman–Crippen LogP) is 5.48. The van der Waals surface area contributed by atoms with E-state index in [-0.39, 0.29) is 0 Å². The van der Waals surface area contributed by atoms with Crippen molar-refractivity contribution in [2.75, 3.05) is 0 Å². The molecule has 0 atom stereocenters. The van der Waals surface area contributed by atoms with Gasteiger partial charge in [0.2, 0.25) is 0 Å². The van der Waals surface area contributed by atoms with Gasteiger partial charge in [-0.15, -0.1) is 0 Å². The van der Waals surface area contributed by atoms with Gasteiger partial charge in [-0.2, -0.15) is 0 Å². The number of rotatable bonds is 4. The van der Waals surface area contributed by atoms with Crippen molar-refractivity contribution in [2.24, 2.45) is 0 Å². The third-order valence-electron chi connectivity index (χ3n) is 3.28. The van der Waals surface area contributed by atoms with Gasteiger partial charge >= 0.3 is 0 Å². The number of benzene rings is 2. The molecule has 104 valence electrons.